The van der Waals surface area contributed by atoms with Gasteiger partial charge in [0.2, 0.25) is 0 Å². The van der Waals surface area contributed by atoms with Gasteiger partial charge < -0.3 is 16.4 Å². The number of hydrogen-bond acceptors (Lipinski definition) is 6. The number of para-hydroxylation sites is 1. The predicted molar refractivity (Wildman–Crippen MR) is 120 cm³/mol. The number of amides is 1. The molecule has 158 valence electrons. The zero-order valence-electron chi connectivity index (χ0n) is 17.6. The third-order valence-corrected chi connectivity index (χ3v) is 6.04. The molecule has 0 unspecified atom stereocenters. The van der Waals surface area contributed by atoms with E-state index in [1.54, 1.807) is 6.07 Å². The lowest BCUT2D eigenvalue weighted by Crippen LogP contribution is -2.57. The Bertz CT molecular complexity index is 994. The van der Waals surface area contributed by atoms with Gasteiger partial charge in [-0.05, 0) is 43.5 Å². The standard InChI is InChI=1S/C23H30N6O/c1-2-12-29(17-8-7-11-23(25,15-17)28-13-4-3-5-14-28)22-19-10-6-9-18(21(24)30)20(19)26-16-27-22/h6-11,16H,2-5,12-15,25H2,1H3,(H2,24,30)/t23-/m0/s1. The van der Waals surface area contributed by atoms with E-state index in [0.717, 1.165) is 43.0 Å². The number of piperidine rings is 1. The first-order valence-electron chi connectivity index (χ1n) is 10.8. The average molecular weight is 407 g/mol. The van der Waals surface area contributed by atoms with Gasteiger partial charge in [0.1, 0.15) is 12.1 Å². The number of rotatable bonds is 6. The summed E-state index contributed by atoms with van der Waals surface area (Å²) in [5, 5.41) is 0.818. The quantitative estimate of drug-likeness (QED) is 0.765. The molecule has 7 nitrogen and oxygen atoms in total. The molecule has 1 aliphatic carbocycles. The molecule has 0 radical (unpaired) electrons. The molecule has 30 heavy (non-hydrogen) atoms. The van der Waals surface area contributed by atoms with Gasteiger partial charge in [-0.2, -0.15) is 0 Å². The van der Waals surface area contributed by atoms with Crippen molar-refractivity contribution in [2.24, 2.45) is 11.5 Å². The van der Waals surface area contributed by atoms with Crippen molar-refractivity contribution in [3.63, 3.8) is 0 Å². The van der Waals surface area contributed by atoms with Crippen molar-refractivity contribution in [2.75, 3.05) is 24.5 Å². The summed E-state index contributed by atoms with van der Waals surface area (Å²) >= 11 is 0. The molecule has 4 N–H and O–H groups in total. The van der Waals surface area contributed by atoms with Crippen LogP contribution in [0.1, 0.15) is 49.4 Å². The predicted octanol–water partition coefficient (Wildman–Crippen LogP) is 2.93. The lowest BCUT2D eigenvalue weighted by atomic mass is 9.94. The van der Waals surface area contributed by atoms with E-state index >= 15 is 0 Å². The highest BCUT2D eigenvalue weighted by Crippen LogP contribution is 2.34. The third kappa shape index (κ3) is 3.82. The Hall–Kier alpha value is -2.77. The van der Waals surface area contributed by atoms with Crippen LogP contribution in [0.2, 0.25) is 0 Å². The minimum Gasteiger partial charge on any atom is -0.366 e. The summed E-state index contributed by atoms with van der Waals surface area (Å²) in [6, 6.07) is 5.48. The zero-order chi connectivity index (χ0) is 21.1. The largest absolute Gasteiger partial charge is 0.366 e. The molecule has 1 aromatic heterocycles. The number of aromatic nitrogens is 2. The molecule has 1 aliphatic heterocycles. The number of allylic oxidation sites excluding steroid dienone is 2. The van der Waals surface area contributed by atoms with Crippen molar-refractivity contribution in [1.29, 1.82) is 0 Å². The van der Waals surface area contributed by atoms with Gasteiger partial charge in [0.25, 0.3) is 5.91 Å². The summed E-state index contributed by atoms with van der Waals surface area (Å²) in [5.41, 5.74) is 14.1. The molecule has 0 bridgehead atoms. The summed E-state index contributed by atoms with van der Waals surface area (Å²) in [6.45, 7) is 4.99. The Balaban J connectivity index is 1.73. The van der Waals surface area contributed by atoms with Crippen molar-refractivity contribution in [2.45, 2.75) is 44.7 Å². The molecule has 2 aliphatic rings. The van der Waals surface area contributed by atoms with E-state index in [2.05, 4.69) is 44.9 Å². The number of primary amides is 1. The second kappa shape index (κ2) is 8.53. The third-order valence-electron chi connectivity index (χ3n) is 6.04. The number of anilines is 1. The Labute approximate surface area is 177 Å². The zero-order valence-corrected chi connectivity index (χ0v) is 17.6. The highest BCUT2D eigenvalue weighted by atomic mass is 16.1. The van der Waals surface area contributed by atoms with Crippen molar-refractivity contribution < 1.29 is 4.79 Å². The molecule has 1 fully saturated rings. The normalized spacial score (nSPS) is 22.1. The van der Waals surface area contributed by atoms with E-state index in [1.165, 1.54) is 25.6 Å². The van der Waals surface area contributed by atoms with Gasteiger partial charge in [-0.3, -0.25) is 9.69 Å². The van der Waals surface area contributed by atoms with Gasteiger partial charge in [0.15, 0.2) is 0 Å². The lowest BCUT2D eigenvalue weighted by molar-refractivity contribution is 0.100. The minimum atomic E-state index is -0.488. The van der Waals surface area contributed by atoms with E-state index < -0.39 is 11.6 Å². The van der Waals surface area contributed by atoms with Crippen LogP contribution in [0.4, 0.5) is 5.82 Å². The van der Waals surface area contributed by atoms with Crippen molar-refractivity contribution in [1.82, 2.24) is 14.9 Å². The first-order valence-corrected chi connectivity index (χ1v) is 10.8. The van der Waals surface area contributed by atoms with Gasteiger partial charge in [0.05, 0.1) is 16.7 Å². The van der Waals surface area contributed by atoms with Crippen LogP contribution in [0, 0.1) is 0 Å². The highest BCUT2D eigenvalue weighted by Gasteiger charge is 2.35. The Morgan fingerprint density at radius 3 is 2.77 bits per heavy atom. The molecule has 1 atom stereocenters. The minimum absolute atomic E-state index is 0.409. The molecule has 4 rings (SSSR count). The molecule has 0 saturated carbocycles. The van der Waals surface area contributed by atoms with Crippen LogP contribution in [0.25, 0.3) is 10.9 Å². The van der Waals surface area contributed by atoms with Crippen LogP contribution in [0.5, 0.6) is 0 Å². The van der Waals surface area contributed by atoms with Gasteiger partial charge >= 0.3 is 0 Å². The Kier molecular flexibility index (Phi) is 5.83. The molecule has 2 heterocycles. The fraction of sp³-hybridized carbons (Fsp3) is 0.435. The molecule has 1 saturated heterocycles. The SMILES string of the molecule is CCCN(C1=CC=C[C@](N)(N2CCCCC2)C1)c1ncnc2c(C(N)=O)cccc12. The molecule has 0 spiro atoms. The number of hydrogen-bond donors (Lipinski definition) is 2. The Morgan fingerprint density at radius 2 is 2.03 bits per heavy atom. The van der Waals surface area contributed by atoms with Crippen LogP contribution in [-0.2, 0) is 0 Å². The maximum atomic E-state index is 11.9. The summed E-state index contributed by atoms with van der Waals surface area (Å²) in [5.74, 6) is 0.297. The topological polar surface area (TPSA) is 101 Å². The molecule has 1 aromatic carbocycles. The monoisotopic (exact) mass is 406 g/mol. The first kappa shape index (κ1) is 20.5. The van der Waals surface area contributed by atoms with Gasteiger partial charge in [0, 0.05) is 37.1 Å². The van der Waals surface area contributed by atoms with E-state index in [9.17, 15) is 4.79 Å². The summed E-state index contributed by atoms with van der Waals surface area (Å²) in [7, 11) is 0. The summed E-state index contributed by atoms with van der Waals surface area (Å²) in [6.07, 6.45) is 13.1. The second-order valence-corrected chi connectivity index (χ2v) is 8.15. The van der Waals surface area contributed by atoms with Crippen LogP contribution < -0.4 is 16.4 Å². The van der Waals surface area contributed by atoms with E-state index in [-0.39, 0.29) is 0 Å². The van der Waals surface area contributed by atoms with Gasteiger partial charge in [-0.15, -0.1) is 0 Å². The number of carbonyl (C=O) groups excluding carboxylic acids is 1. The van der Waals surface area contributed by atoms with Gasteiger partial charge in [-0.25, -0.2) is 9.97 Å². The first-order chi connectivity index (χ1) is 14.5. The summed E-state index contributed by atoms with van der Waals surface area (Å²) < 4.78 is 0. The van der Waals surface area contributed by atoms with Crippen LogP contribution in [0.15, 0.2) is 48.5 Å². The molecular weight excluding hydrogens is 376 g/mol. The van der Waals surface area contributed by atoms with E-state index in [4.69, 9.17) is 11.5 Å². The van der Waals surface area contributed by atoms with E-state index in [0.29, 0.717) is 17.5 Å². The van der Waals surface area contributed by atoms with Crippen molar-refractivity contribution >= 4 is 22.6 Å². The number of nitrogens with two attached hydrogens (primary N) is 2. The molecule has 7 heteroatoms. The Morgan fingerprint density at radius 1 is 1.23 bits per heavy atom. The number of carbonyl (C=O) groups is 1. The number of nitrogens with zero attached hydrogens (tertiary/aromatic N) is 4. The average Bonchev–Trinajstić information content (AvgIpc) is 2.77. The number of likely N-dealkylation sites (tertiary alicyclic amines) is 1. The lowest BCUT2D eigenvalue weighted by Gasteiger charge is -2.44. The maximum absolute atomic E-state index is 11.9. The maximum Gasteiger partial charge on any atom is 0.250 e. The highest BCUT2D eigenvalue weighted by molar-refractivity contribution is 6.07. The molecular formula is C23H30N6O. The van der Waals surface area contributed by atoms with Crippen molar-refractivity contribution in [3.8, 4) is 0 Å². The summed E-state index contributed by atoms with van der Waals surface area (Å²) in [4.78, 5) is 25.5. The molecule has 2 aromatic rings. The van der Waals surface area contributed by atoms with Crippen LogP contribution in [-0.4, -0.2) is 46.1 Å². The molecule has 1 amide bonds. The smallest absolute Gasteiger partial charge is 0.250 e. The van der Waals surface area contributed by atoms with Crippen molar-refractivity contribution in [3.05, 3.63) is 54.0 Å². The second-order valence-electron chi connectivity index (χ2n) is 8.15. The van der Waals surface area contributed by atoms with Gasteiger partial charge in [-0.1, -0.05) is 25.5 Å². The van der Waals surface area contributed by atoms with E-state index in [1.807, 2.05) is 12.1 Å². The fourth-order valence-electron chi connectivity index (χ4n) is 4.54. The fourth-order valence-corrected chi connectivity index (χ4v) is 4.54. The number of fused-ring (bicyclic) bond motifs is 1. The van der Waals surface area contributed by atoms with Crippen LogP contribution >= 0.6 is 0 Å². The van der Waals surface area contributed by atoms with Crippen LogP contribution in [0.3, 0.4) is 0 Å². The number of benzene rings is 1.